The summed E-state index contributed by atoms with van der Waals surface area (Å²) in [6.07, 6.45) is 5.46. The van der Waals surface area contributed by atoms with Crippen molar-refractivity contribution in [1.82, 2.24) is 4.90 Å². The number of nitro benzene ring substituents is 1. The standard InChI is InChI=1S/C12H15N3O2/c16-15(17)12-6-4-5-11(9-12)13-10-14-7-2-1-3-8-14/h4-6,9-10H,1-3,7-8H2. The van der Waals surface area contributed by atoms with Crippen LogP contribution in [-0.4, -0.2) is 29.3 Å². The summed E-state index contributed by atoms with van der Waals surface area (Å²) in [5.74, 6) is 0. The number of nitro groups is 1. The molecule has 0 aromatic heterocycles. The van der Waals surface area contributed by atoms with E-state index in [-0.39, 0.29) is 5.69 Å². The molecule has 0 radical (unpaired) electrons. The maximum atomic E-state index is 10.6. The monoisotopic (exact) mass is 233 g/mol. The van der Waals surface area contributed by atoms with Crippen LogP contribution in [0, 0.1) is 10.1 Å². The highest BCUT2D eigenvalue weighted by Gasteiger charge is 2.07. The third-order valence-electron chi connectivity index (χ3n) is 2.80. The minimum absolute atomic E-state index is 0.0818. The van der Waals surface area contributed by atoms with E-state index in [1.165, 1.54) is 31.4 Å². The smallest absolute Gasteiger partial charge is 0.271 e. The molecular weight excluding hydrogens is 218 g/mol. The molecule has 0 bridgehead atoms. The van der Waals surface area contributed by atoms with E-state index in [4.69, 9.17) is 0 Å². The largest absolute Gasteiger partial charge is 0.363 e. The molecule has 90 valence electrons. The fourth-order valence-electron chi connectivity index (χ4n) is 1.87. The Bertz CT molecular complexity index is 426. The van der Waals surface area contributed by atoms with Gasteiger partial charge < -0.3 is 4.90 Å². The van der Waals surface area contributed by atoms with Gasteiger partial charge in [-0.15, -0.1) is 0 Å². The second kappa shape index (κ2) is 5.43. The Morgan fingerprint density at radius 1 is 1.29 bits per heavy atom. The van der Waals surface area contributed by atoms with Crippen LogP contribution in [0.5, 0.6) is 0 Å². The average molecular weight is 233 g/mol. The molecule has 1 aromatic rings. The van der Waals surface area contributed by atoms with Gasteiger partial charge in [-0.05, 0) is 25.3 Å². The van der Waals surface area contributed by atoms with Gasteiger partial charge in [0.1, 0.15) is 0 Å². The number of benzene rings is 1. The zero-order valence-electron chi connectivity index (χ0n) is 9.58. The van der Waals surface area contributed by atoms with Crippen LogP contribution in [0.3, 0.4) is 0 Å². The van der Waals surface area contributed by atoms with Gasteiger partial charge in [-0.1, -0.05) is 6.07 Å². The third kappa shape index (κ3) is 3.27. The van der Waals surface area contributed by atoms with Gasteiger partial charge in [0.2, 0.25) is 0 Å². The summed E-state index contributed by atoms with van der Waals surface area (Å²) in [4.78, 5) is 16.6. The lowest BCUT2D eigenvalue weighted by molar-refractivity contribution is -0.384. The molecule has 17 heavy (non-hydrogen) atoms. The van der Waals surface area contributed by atoms with Gasteiger partial charge >= 0.3 is 0 Å². The molecule has 1 aromatic carbocycles. The molecule has 0 spiro atoms. The van der Waals surface area contributed by atoms with Crippen LogP contribution >= 0.6 is 0 Å². The lowest BCUT2D eigenvalue weighted by atomic mass is 10.1. The minimum Gasteiger partial charge on any atom is -0.363 e. The van der Waals surface area contributed by atoms with Gasteiger partial charge in [0.15, 0.2) is 0 Å². The van der Waals surface area contributed by atoms with Crippen LogP contribution < -0.4 is 0 Å². The van der Waals surface area contributed by atoms with Gasteiger partial charge in [0, 0.05) is 25.2 Å². The Morgan fingerprint density at radius 3 is 2.76 bits per heavy atom. The second-order valence-corrected chi connectivity index (χ2v) is 4.12. The minimum atomic E-state index is -0.403. The summed E-state index contributed by atoms with van der Waals surface area (Å²) in [6.45, 7) is 2.05. The molecule has 2 rings (SSSR count). The van der Waals surface area contributed by atoms with Crippen LogP contribution in [0.2, 0.25) is 0 Å². The number of rotatable bonds is 3. The number of non-ortho nitro benzene ring substituents is 1. The Labute approximate surface area is 99.9 Å². The van der Waals surface area contributed by atoms with E-state index in [1.54, 1.807) is 18.5 Å². The Balaban J connectivity index is 2.04. The lowest BCUT2D eigenvalue weighted by Crippen LogP contribution is -2.27. The highest BCUT2D eigenvalue weighted by molar-refractivity contribution is 5.62. The summed E-state index contributed by atoms with van der Waals surface area (Å²) in [5.41, 5.74) is 0.711. The molecule has 0 saturated carbocycles. The maximum absolute atomic E-state index is 10.6. The molecule has 1 aliphatic rings. The molecule has 1 fully saturated rings. The fourth-order valence-corrected chi connectivity index (χ4v) is 1.87. The number of hydrogen-bond donors (Lipinski definition) is 0. The molecule has 1 heterocycles. The van der Waals surface area contributed by atoms with Crippen molar-refractivity contribution in [2.75, 3.05) is 13.1 Å². The van der Waals surface area contributed by atoms with E-state index in [2.05, 4.69) is 9.89 Å². The number of piperidine rings is 1. The predicted octanol–water partition coefficient (Wildman–Crippen LogP) is 2.74. The number of aliphatic imine (C=N–C) groups is 1. The van der Waals surface area contributed by atoms with Gasteiger partial charge in [-0.25, -0.2) is 4.99 Å². The highest BCUT2D eigenvalue weighted by atomic mass is 16.6. The van der Waals surface area contributed by atoms with Crippen LogP contribution in [0.15, 0.2) is 29.3 Å². The van der Waals surface area contributed by atoms with E-state index < -0.39 is 4.92 Å². The van der Waals surface area contributed by atoms with Gasteiger partial charge in [0.05, 0.1) is 16.9 Å². The number of nitrogens with zero attached hydrogens (tertiary/aromatic N) is 3. The van der Waals surface area contributed by atoms with E-state index in [1.807, 2.05) is 0 Å². The first-order valence-electron chi connectivity index (χ1n) is 5.78. The predicted molar refractivity (Wildman–Crippen MR) is 66.7 cm³/mol. The Hall–Kier alpha value is -1.91. The normalized spacial score (nSPS) is 16.4. The first kappa shape index (κ1) is 11.6. The number of likely N-dealkylation sites (tertiary alicyclic amines) is 1. The van der Waals surface area contributed by atoms with Gasteiger partial charge in [0.25, 0.3) is 5.69 Å². The maximum Gasteiger partial charge on any atom is 0.271 e. The van der Waals surface area contributed by atoms with E-state index in [0.717, 1.165) is 13.1 Å². The van der Waals surface area contributed by atoms with Crippen molar-refractivity contribution < 1.29 is 4.92 Å². The molecule has 0 N–H and O–H groups in total. The summed E-state index contributed by atoms with van der Waals surface area (Å²) < 4.78 is 0. The quantitative estimate of drug-likeness (QED) is 0.349. The lowest BCUT2D eigenvalue weighted by Gasteiger charge is -2.23. The van der Waals surface area contributed by atoms with Gasteiger partial charge in [-0.2, -0.15) is 0 Å². The molecule has 1 saturated heterocycles. The third-order valence-corrected chi connectivity index (χ3v) is 2.80. The molecule has 5 nitrogen and oxygen atoms in total. The van der Waals surface area contributed by atoms with Crippen molar-refractivity contribution in [2.24, 2.45) is 4.99 Å². The first-order chi connectivity index (χ1) is 8.25. The molecule has 0 atom stereocenters. The fraction of sp³-hybridized carbons (Fsp3) is 0.417. The van der Waals surface area contributed by atoms with Crippen LogP contribution in [-0.2, 0) is 0 Å². The molecule has 1 aliphatic heterocycles. The Morgan fingerprint density at radius 2 is 2.06 bits per heavy atom. The number of hydrogen-bond acceptors (Lipinski definition) is 3. The Kier molecular flexibility index (Phi) is 3.69. The summed E-state index contributed by atoms with van der Waals surface area (Å²) in [6, 6.07) is 6.38. The van der Waals surface area contributed by atoms with Crippen molar-refractivity contribution in [3.63, 3.8) is 0 Å². The zero-order chi connectivity index (χ0) is 12.1. The van der Waals surface area contributed by atoms with Crippen molar-refractivity contribution in [1.29, 1.82) is 0 Å². The van der Waals surface area contributed by atoms with E-state index in [0.29, 0.717) is 5.69 Å². The van der Waals surface area contributed by atoms with Crippen LogP contribution in [0.4, 0.5) is 11.4 Å². The van der Waals surface area contributed by atoms with Crippen molar-refractivity contribution in [2.45, 2.75) is 19.3 Å². The van der Waals surface area contributed by atoms with Crippen molar-refractivity contribution in [3.05, 3.63) is 34.4 Å². The first-order valence-corrected chi connectivity index (χ1v) is 5.78. The van der Waals surface area contributed by atoms with E-state index in [9.17, 15) is 10.1 Å². The van der Waals surface area contributed by atoms with Crippen molar-refractivity contribution >= 4 is 17.7 Å². The van der Waals surface area contributed by atoms with E-state index >= 15 is 0 Å². The molecule has 5 heteroatoms. The molecule has 0 unspecified atom stereocenters. The van der Waals surface area contributed by atoms with Crippen LogP contribution in [0.25, 0.3) is 0 Å². The average Bonchev–Trinajstić information content (AvgIpc) is 2.38. The summed E-state index contributed by atoms with van der Waals surface area (Å²) in [7, 11) is 0. The summed E-state index contributed by atoms with van der Waals surface area (Å²) in [5, 5.41) is 10.6. The zero-order valence-corrected chi connectivity index (χ0v) is 9.58. The second-order valence-electron chi connectivity index (χ2n) is 4.12. The summed E-state index contributed by atoms with van der Waals surface area (Å²) >= 11 is 0. The molecule has 0 aliphatic carbocycles. The van der Waals surface area contributed by atoms with Crippen LogP contribution in [0.1, 0.15) is 19.3 Å². The van der Waals surface area contributed by atoms with Crippen molar-refractivity contribution in [3.8, 4) is 0 Å². The SMILES string of the molecule is O=[N+]([O-])c1cccc(N=CN2CCCCC2)c1. The molecule has 0 amide bonds. The highest BCUT2D eigenvalue weighted by Crippen LogP contribution is 2.19. The molecular formula is C12H15N3O2. The van der Waals surface area contributed by atoms with Gasteiger partial charge in [-0.3, -0.25) is 10.1 Å². The topological polar surface area (TPSA) is 58.7 Å².